The van der Waals surface area contributed by atoms with Gasteiger partial charge in [0.15, 0.2) is 0 Å². The number of carbonyl (C=O) groups is 1. The van der Waals surface area contributed by atoms with Crippen LogP contribution in [0.2, 0.25) is 5.02 Å². The fraction of sp³-hybridized carbons (Fsp3) is 0.105. The van der Waals surface area contributed by atoms with Gasteiger partial charge in [-0.3, -0.25) is 19.7 Å². The van der Waals surface area contributed by atoms with E-state index in [-0.39, 0.29) is 28.8 Å². The van der Waals surface area contributed by atoms with Gasteiger partial charge in [-0.15, -0.1) is 0 Å². The summed E-state index contributed by atoms with van der Waals surface area (Å²) in [7, 11) is 0. The molecule has 0 aliphatic rings. The van der Waals surface area contributed by atoms with E-state index in [2.05, 4.69) is 15.7 Å². The van der Waals surface area contributed by atoms with Crippen LogP contribution in [-0.2, 0) is 11.3 Å². The molecule has 1 aromatic heterocycles. The van der Waals surface area contributed by atoms with Crippen LogP contribution in [0.3, 0.4) is 0 Å². The number of rotatable bonds is 7. The predicted molar refractivity (Wildman–Crippen MR) is 108 cm³/mol. The number of benzene rings is 2. The number of halogens is 1. The van der Waals surface area contributed by atoms with Crippen molar-refractivity contribution in [1.29, 1.82) is 0 Å². The average molecular weight is 414 g/mol. The first-order valence-corrected chi connectivity index (χ1v) is 8.90. The maximum absolute atomic E-state index is 12.5. The van der Waals surface area contributed by atoms with E-state index in [4.69, 9.17) is 11.6 Å². The molecule has 3 rings (SSSR count). The number of hydrogen-bond acceptors (Lipinski definition) is 6. The zero-order valence-electron chi connectivity index (χ0n) is 15.0. The smallest absolute Gasteiger partial charge is 0.292 e. The molecular weight excluding hydrogens is 398 g/mol. The molecule has 0 fully saturated rings. The van der Waals surface area contributed by atoms with Crippen molar-refractivity contribution in [2.75, 3.05) is 11.9 Å². The normalized spacial score (nSPS) is 10.4. The summed E-state index contributed by atoms with van der Waals surface area (Å²) in [5.41, 5.74) is 0.786. The highest BCUT2D eigenvalue weighted by atomic mass is 35.5. The molecule has 0 saturated heterocycles. The highest BCUT2D eigenvalue weighted by Crippen LogP contribution is 2.18. The summed E-state index contributed by atoms with van der Waals surface area (Å²) in [6, 6.07) is 14.8. The molecule has 3 aromatic rings. The molecule has 1 amide bonds. The molecular formula is C19H16ClN5O4. The Morgan fingerprint density at radius 2 is 1.83 bits per heavy atom. The number of nitro benzene ring substituents is 1. The molecule has 0 spiro atoms. The Morgan fingerprint density at radius 3 is 2.48 bits per heavy atom. The van der Waals surface area contributed by atoms with Gasteiger partial charge in [0, 0.05) is 18.7 Å². The van der Waals surface area contributed by atoms with Crippen LogP contribution in [0.25, 0.3) is 5.69 Å². The van der Waals surface area contributed by atoms with Gasteiger partial charge in [-0.2, -0.15) is 9.78 Å². The van der Waals surface area contributed by atoms with Crippen LogP contribution in [-0.4, -0.2) is 27.2 Å². The van der Waals surface area contributed by atoms with Crippen LogP contribution in [0.4, 0.5) is 11.4 Å². The van der Waals surface area contributed by atoms with E-state index < -0.39 is 10.5 Å². The number of amides is 1. The first-order chi connectivity index (χ1) is 14.0. The Kier molecular flexibility index (Phi) is 6.20. The molecule has 9 nitrogen and oxygen atoms in total. The summed E-state index contributed by atoms with van der Waals surface area (Å²) >= 11 is 6.11. The molecule has 29 heavy (non-hydrogen) atoms. The van der Waals surface area contributed by atoms with Crippen LogP contribution in [0, 0.1) is 10.1 Å². The molecule has 2 N–H and O–H groups in total. The summed E-state index contributed by atoms with van der Waals surface area (Å²) in [4.78, 5) is 34.6. The first-order valence-electron chi connectivity index (χ1n) is 8.53. The van der Waals surface area contributed by atoms with Gasteiger partial charge >= 0.3 is 0 Å². The Bertz CT molecular complexity index is 1080. The average Bonchev–Trinajstić information content (AvgIpc) is 2.74. The van der Waals surface area contributed by atoms with Crippen LogP contribution in [0.15, 0.2) is 65.6 Å². The molecule has 1 heterocycles. The minimum absolute atomic E-state index is 0.0881. The molecule has 148 valence electrons. The highest BCUT2D eigenvalue weighted by molar-refractivity contribution is 6.33. The lowest BCUT2D eigenvalue weighted by atomic mass is 10.2. The maximum atomic E-state index is 12.5. The predicted octanol–water partition coefficient (Wildman–Crippen LogP) is 2.52. The molecule has 0 unspecified atom stereocenters. The third kappa shape index (κ3) is 4.96. The standard InChI is InChI=1S/C19H16ClN5O4/c20-18-16(21-12-17(26)22-10-13-4-2-1-3-5-13)11-23-24(19(18)27)14-6-8-15(9-7-14)25(28)29/h1-9,11,21H,10,12H2,(H,22,26). The van der Waals surface area contributed by atoms with Gasteiger partial charge < -0.3 is 10.6 Å². The second-order valence-corrected chi connectivity index (χ2v) is 6.36. The first kappa shape index (κ1) is 20.0. The number of nitrogens with zero attached hydrogens (tertiary/aromatic N) is 3. The minimum atomic E-state index is -0.616. The van der Waals surface area contributed by atoms with E-state index >= 15 is 0 Å². The Balaban J connectivity index is 1.65. The quantitative estimate of drug-likeness (QED) is 0.453. The number of hydrogen-bond donors (Lipinski definition) is 2. The van der Waals surface area contributed by atoms with Gasteiger partial charge in [-0.25, -0.2) is 0 Å². The number of nitrogens with one attached hydrogen (secondary N) is 2. The molecule has 0 bridgehead atoms. The summed E-state index contributed by atoms with van der Waals surface area (Å²) in [5.74, 6) is -0.274. The number of nitro groups is 1. The number of aromatic nitrogens is 2. The van der Waals surface area contributed by atoms with E-state index in [1.807, 2.05) is 30.3 Å². The minimum Gasteiger partial charge on any atom is -0.373 e. The maximum Gasteiger partial charge on any atom is 0.292 e. The van der Waals surface area contributed by atoms with Gasteiger partial charge in [-0.05, 0) is 17.7 Å². The van der Waals surface area contributed by atoms with Crippen molar-refractivity contribution in [3.63, 3.8) is 0 Å². The zero-order chi connectivity index (χ0) is 20.8. The Hall–Kier alpha value is -3.72. The van der Waals surface area contributed by atoms with Gasteiger partial charge in [0.25, 0.3) is 11.2 Å². The topological polar surface area (TPSA) is 119 Å². The van der Waals surface area contributed by atoms with Crippen LogP contribution >= 0.6 is 11.6 Å². The summed E-state index contributed by atoms with van der Waals surface area (Å²) in [6.45, 7) is 0.296. The highest BCUT2D eigenvalue weighted by Gasteiger charge is 2.13. The van der Waals surface area contributed by atoms with Crippen molar-refractivity contribution in [2.45, 2.75) is 6.54 Å². The van der Waals surface area contributed by atoms with Crippen molar-refractivity contribution in [2.24, 2.45) is 0 Å². The molecule has 0 aliphatic heterocycles. The lowest BCUT2D eigenvalue weighted by molar-refractivity contribution is -0.384. The van der Waals surface area contributed by atoms with E-state index in [1.54, 1.807) is 0 Å². The van der Waals surface area contributed by atoms with Gasteiger partial charge in [0.1, 0.15) is 5.02 Å². The van der Waals surface area contributed by atoms with Crippen LogP contribution in [0.1, 0.15) is 5.56 Å². The molecule has 0 aliphatic carbocycles. The fourth-order valence-corrected chi connectivity index (χ4v) is 2.69. The van der Waals surface area contributed by atoms with Crippen molar-refractivity contribution >= 4 is 28.9 Å². The van der Waals surface area contributed by atoms with Gasteiger partial charge in [-0.1, -0.05) is 41.9 Å². The van der Waals surface area contributed by atoms with E-state index in [0.717, 1.165) is 10.2 Å². The number of anilines is 1. The van der Waals surface area contributed by atoms with E-state index in [9.17, 15) is 19.7 Å². The van der Waals surface area contributed by atoms with Crippen LogP contribution in [0.5, 0.6) is 0 Å². The fourth-order valence-electron chi connectivity index (χ4n) is 2.49. The third-order valence-electron chi connectivity index (χ3n) is 4.00. The molecule has 0 saturated carbocycles. The Labute approximate surface area is 170 Å². The van der Waals surface area contributed by atoms with Crippen molar-refractivity contribution < 1.29 is 9.72 Å². The molecule has 0 radical (unpaired) electrons. The largest absolute Gasteiger partial charge is 0.373 e. The number of non-ortho nitro benzene ring substituents is 1. The second-order valence-electron chi connectivity index (χ2n) is 5.98. The lowest BCUT2D eigenvalue weighted by Crippen LogP contribution is -2.30. The van der Waals surface area contributed by atoms with Gasteiger partial charge in [0.05, 0.1) is 29.0 Å². The van der Waals surface area contributed by atoms with E-state index in [1.165, 1.54) is 30.5 Å². The summed E-state index contributed by atoms with van der Waals surface area (Å²) in [5, 5.41) is 20.1. The SMILES string of the molecule is O=C(CNc1cnn(-c2ccc([N+](=O)[O-])cc2)c(=O)c1Cl)NCc1ccccc1. The van der Waals surface area contributed by atoms with Crippen molar-refractivity contribution in [3.8, 4) is 5.69 Å². The lowest BCUT2D eigenvalue weighted by Gasteiger charge is -2.10. The van der Waals surface area contributed by atoms with Crippen molar-refractivity contribution in [1.82, 2.24) is 15.1 Å². The number of carbonyl (C=O) groups excluding carboxylic acids is 1. The summed E-state index contributed by atoms with van der Waals surface area (Å²) in [6.07, 6.45) is 1.32. The van der Waals surface area contributed by atoms with Crippen LogP contribution < -0.4 is 16.2 Å². The zero-order valence-corrected chi connectivity index (χ0v) is 15.8. The second kappa shape index (κ2) is 8.98. The Morgan fingerprint density at radius 1 is 1.14 bits per heavy atom. The molecule has 10 heteroatoms. The van der Waals surface area contributed by atoms with Crippen molar-refractivity contribution in [3.05, 3.63) is 91.8 Å². The molecule has 2 aromatic carbocycles. The summed E-state index contributed by atoms with van der Waals surface area (Å²) < 4.78 is 1.02. The monoisotopic (exact) mass is 413 g/mol. The van der Waals surface area contributed by atoms with Gasteiger partial charge in [0.2, 0.25) is 5.91 Å². The van der Waals surface area contributed by atoms with E-state index in [0.29, 0.717) is 12.2 Å². The molecule has 0 atom stereocenters. The third-order valence-corrected chi connectivity index (χ3v) is 4.36.